The van der Waals surface area contributed by atoms with Crippen LogP contribution < -0.4 is 14.2 Å². The number of phenols is 1. The molecule has 3 aromatic rings. The topological polar surface area (TPSA) is 91.1 Å². The van der Waals surface area contributed by atoms with Gasteiger partial charge in [-0.15, -0.1) is 0 Å². The molecule has 1 N–H and O–H groups in total. The van der Waals surface area contributed by atoms with Crippen molar-refractivity contribution in [1.29, 1.82) is 0 Å². The van der Waals surface area contributed by atoms with Crippen LogP contribution in [0.5, 0.6) is 23.0 Å². The Morgan fingerprint density at radius 2 is 1.54 bits per heavy atom. The fourth-order valence-electron chi connectivity index (χ4n) is 6.48. The zero-order valence-electron chi connectivity index (χ0n) is 24.3. The molecule has 1 aliphatic heterocycles. The molecule has 0 unspecified atom stereocenters. The van der Waals surface area contributed by atoms with E-state index in [1.54, 1.807) is 44.6 Å². The van der Waals surface area contributed by atoms with Crippen molar-refractivity contribution in [3.63, 3.8) is 0 Å². The van der Waals surface area contributed by atoms with Crippen molar-refractivity contribution in [2.45, 2.75) is 52.1 Å². The summed E-state index contributed by atoms with van der Waals surface area (Å²) in [6.45, 7) is 6.96. The van der Waals surface area contributed by atoms with Crippen molar-refractivity contribution in [2.75, 3.05) is 14.2 Å². The van der Waals surface area contributed by atoms with Gasteiger partial charge in [0, 0.05) is 18.1 Å². The lowest BCUT2D eigenvalue weighted by Crippen LogP contribution is -2.54. The molecule has 1 saturated carbocycles. The predicted molar refractivity (Wildman–Crippen MR) is 162 cm³/mol. The van der Waals surface area contributed by atoms with Gasteiger partial charge in [-0.3, -0.25) is 10.1 Å². The van der Waals surface area contributed by atoms with Crippen LogP contribution in [0.4, 0.5) is 5.69 Å². The molecule has 214 valence electrons. The number of ether oxygens (including phenoxy) is 3. The lowest BCUT2D eigenvalue weighted by Gasteiger charge is -2.53. The molecule has 41 heavy (non-hydrogen) atoms. The molecule has 0 bridgehead atoms. The van der Waals surface area contributed by atoms with Crippen molar-refractivity contribution in [3.05, 3.63) is 86.5 Å². The highest BCUT2D eigenvalue weighted by Gasteiger charge is 2.51. The second kappa shape index (κ2) is 11.0. The van der Waals surface area contributed by atoms with Crippen LogP contribution in [0, 0.1) is 21.4 Å². The zero-order valence-corrected chi connectivity index (χ0v) is 24.3. The third-order valence-electron chi connectivity index (χ3n) is 8.69. The fourth-order valence-corrected chi connectivity index (χ4v) is 6.48. The number of methoxy groups -OCH3 is 2. The van der Waals surface area contributed by atoms with E-state index in [1.165, 1.54) is 25.0 Å². The van der Waals surface area contributed by atoms with E-state index in [2.05, 4.69) is 26.8 Å². The van der Waals surface area contributed by atoms with Gasteiger partial charge in [0.2, 0.25) is 0 Å². The molecule has 5 rings (SSSR count). The van der Waals surface area contributed by atoms with E-state index in [4.69, 9.17) is 14.2 Å². The van der Waals surface area contributed by atoms with Gasteiger partial charge in [0.25, 0.3) is 5.69 Å². The summed E-state index contributed by atoms with van der Waals surface area (Å²) in [5, 5.41) is 21.7. The summed E-state index contributed by atoms with van der Waals surface area (Å²) in [5.41, 5.74) is 4.25. The lowest BCUT2D eigenvalue weighted by atomic mass is 9.59. The number of fused-ring (bicyclic) bond motifs is 2. The number of rotatable bonds is 7. The van der Waals surface area contributed by atoms with Gasteiger partial charge in [-0.05, 0) is 103 Å². The Kier molecular flexibility index (Phi) is 7.56. The number of nitro groups is 1. The number of non-ortho nitro benzene ring substituents is 1. The number of aromatic hydroxyl groups is 1. The Morgan fingerprint density at radius 1 is 0.902 bits per heavy atom. The van der Waals surface area contributed by atoms with Crippen molar-refractivity contribution in [3.8, 4) is 23.0 Å². The molecule has 0 radical (unpaired) electrons. The number of nitrogens with zero attached hydrogens (tertiary/aromatic N) is 1. The Hall–Kier alpha value is -4.26. The molecule has 1 aliphatic carbocycles. The van der Waals surface area contributed by atoms with Gasteiger partial charge in [0.1, 0.15) is 17.1 Å². The van der Waals surface area contributed by atoms with E-state index < -0.39 is 4.92 Å². The van der Waals surface area contributed by atoms with Crippen molar-refractivity contribution < 1.29 is 24.2 Å². The third-order valence-corrected chi connectivity index (χ3v) is 8.69. The molecule has 1 fully saturated rings. The molecule has 2 aliphatic rings. The van der Waals surface area contributed by atoms with Gasteiger partial charge in [0.05, 0.1) is 24.7 Å². The van der Waals surface area contributed by atoms with E-state index in [0.29, 0.717) is 17.2 Å². The maximum Gasteiger partial charge on any atom is 0.269 e. The number of hydrogen-bond donors (Lipinski definition) is 1. The normalized spacial score (nSPS) is 21.2. The summed E-state index contributed by atoms with van der Waals surface area (Å²) in [5.74, 6) is 2.59. The molecule has 0 saturated heterocycles. The summed E-state index contributed by atoms with van der Waals surface area (Å²) in [7, 11) is 3.23. The average Bonchev–Trinajstić information content (AvgIpc) is 2.94. The molecule has 0 aromatic heterocycles. The van der Waals surface area contributed by atoms with Crippen molar-refractivity contribution in [2.24, 2.45) is 11.3 Å². The van der Waals surface area contributed by atoms with Gasteiger partial charge in [-0.1, -0.05) is 32.1 Å². The van der Waals surface area contributed by atoms with Crippen LogP contribution >= 0.6 is 0 Å². The molecule has 3 aromatic carbocycles. The Bertz CT molecular complexity index is 1520. The monoisotopic (exact) mass is 555 g/mol. The molecule has 7 nitrogen and oxygen atoms in total. The first-order chi connectivity index (χ1) is 19.5. The van der Waals surface area contributed by atoms with Gasteiger partial charge in [0.15, 0.2) is 11.5 Å². The fraction of sp³-hybridized carbons (Fsp3) is 0.353. The van der Waals surface area contributed by atoms with E-state index >= 15 is 0 Å². The lowest BCUT2D eigenvalue weighted by molar-refractivity contribution is -0.384. The molecule has 0 amide bonds. The van der Waals surface area contributed by atoms with E-state index in [1.807, 2.05) is 24.3 Å². The van der Waals surface area contributed by atoms with Gasteiger partial charge >= 0.3 is 0 Å². The minimum Gasteiger partial charge on any atom is -0.507 e. The van der Waals surface area contributed by atoms with Crippen LogP contribution in [-0.4, -0.2) is 29.9 Å². The smallest absolute Gasteiger partial charge is 0.269 e. The zero-order chi connectivity index (χ0) is 29.4. The van der Waals surface area contributed by atoms with Crippen molar-refractivity contribution >= 4 is 30.0 Å². The van der Waals surface area contributed by atoms with Gasteiger partial charge in [-0.25, -0.2) is 0 Å². The standard InChI is InChI=1S/C34H37NO6/c1-33(2)15-6-16-34(3)31(33)21-25-17-23(20-30(40-5)32(25)41-34)7-8-24-18-28(36)27(29(19-24)39-4)14-11-22-9-12-26(13-10-22)35(37)38/h7-14,17-20,31,36H,6,15-16,21H2,1-5H3/b8-7+,14-11+/t31-,34-/m1/s1. The Balaban J connectivity index is 1.41. The first-order valence-corrected chi connectivity index (χ1v) is 13.9. The molecular weight excluding hydrogens is 518 g/mol. The van der Waals surface area contributed by atoms with E-state index in [0.717, 1.165) is 46.6 Å². The second-order valence-corrected chi connectivity index (χ2v) is 11.9. The SMILES string of the molecule is COc1cc(/C=C/c2cc3c(c(OC)c2)O[C@]2(C)CCCC(C)(C)[C@H]2C3)cc(O)c1/C=C/c1ccc([N+](=O)[O-])cc1. The third kappa shape index (κ3) is 5.67. The summed E-state index contributed by atoms with van der Waals surface area (Å²) < 4.78 is 18.0. The minimum atomic E-state index is -0.435. The molecular formula is C34H37NO6. The number of benzene rings is 3. The Morgan fingerprint density at radius 3 is 2.20 bits per heavy atom. The number of nitro benzene ring substituents is 1. The summed E-state index contributed by atoms with van der Waals surface area (Å²) in [6.07, 6.45) is 11.8. The van der Waals surface area contributed by atoms with Crippen LogP contribution in [0.15, 0.2) is 48.5 Å². The highest BCUT2D eigenvalue weighted by Crippen LogP contribution is 2.54. The Labute approximate surface area is 241 Å². The average molecular weight is 556 g/mol. The van der Waals surface area contributed by atoms with Crippen LogP contribution in [0.25, 0.3) is 24.3 Å². The van der Waals surface area contributed by atoms with Crippen LogP contribution in [0.1, 0.15) is 67.9 Å². The van der Waals surface area contributed by atoms with Crippen molar-refractivity contribution in [1.82, 2.24) is 0 Å². The van der Waals surface area contributed by atoms with Crippen LogP contribution in [0.2, 0.25) is 0 Å². The second-order valence-electron chi connectivity index (χ2n) is 11.9. The van der Waals surface area contributed by atoms with Gasteiger partial charge in [-0.2, -0.15) is 0 Å². The maximum absolute atomic E-state index is 10.9. The van der Waals surface area contributed by atoms with Crippen LogP contribution in [-0.2, 0) is 6.42 Å². The van der Waals surface area contributed by atoms with Crippen LogP contribution in [0.3, 0.4) is 0 Å². The molecule has 0 spiro atoms. The maximum atomic E-state index is 10.9. The molecule has 1 heterocycles. The highest BCUT2D eigenvalue weighted by molar-refractivity contribution is 5.79. The van der Waals surface area contributed by atoms with Gasteiger partial charge < -0.3 is 19.3 Å². The predicted octanol–water partition coefficient (Wildman–Crippen LogP) is 8.18. The first kappa shape index (κ1) is 28.3. The summed E-state index contributed by atoms with van der Waals surface area (Å²) >= 11 is 0. The summed E-state index contributed by atoms with van der Waals surface area (Å²) in [4.78, 5) is 10.5. The van der Waals surface area contributed by atoms with E-state index in [-0.39, 0.29) is 22.5 Å². The first-order valence-electron chi connectivity index (χ1n) is 13.9. The highest BCUT2D eigenvalue weighted by atomic mass is 16.6. The van der Waals surface area contributed by atoms with E-state index in [9.17, 15) is 15.2 Å². The largest absolute Gasteiger partial charge is 0.507 e. The number of hydrogen-bond acceptors (Lipinski definition) is 6. The molecule has 2 atom stereocenters. The quantitative estimate of drug-likeness (QED) is 0.180. The number of phenolic OH excluding ortho intramolecular Hbond substituents is 1. The molecule has 7 heteroatoms. The minimum absolute atomic E-state index is 0.0269. The summed E-state index contributed by atoms with van der Waals surface area (Å²) in [6, 6.07) is 13.9.